The first-order chi connectivity index (χ1) is 6.57. The van der Waals surface area contributed by atoms with Crippen LogP contribution in [0.15, 0.2) is 23.1 Å². The molecule has 1 unspecified atom stereocenters. The zero-order chi connectivity index (χ0) is 10.7. The van der Waals surface area contributed by atoms with E-state index in [-0.39, 0.29) is 17.4 Å². The molecule has 76 valence electrons. The van der Waals surface area contributed by atoms with Crippen molar-refractivity contribution in [2.75, 3.05) is 0 Å². The van der Waals surface area contributed by atoms with Crippen molar-refractivity contribution in [1.82, 2.24) is 4.57 Å². The summed E-state index contributed by atoms with van der Waals surface area (Å²) in [5.74, 6) is 0.0812. The Morgan fingerprint density at radius 3 is 2.79 bits per heavy atom. The van der Waals surface area contributed by atoms with Gasteiger partial charge in [0.2, 0.25) is 0 Å². The Morgan fingerprint density at radius 1 is 1.57 bits per heavy atom. The Balaban J connectivity index is 3.14. The summed E-state index contributed by atoms with van der Waals surface area (Å²) in [6.07, 6.45) is 2.12. The van der Waals surface area contributed by atoms with E-state index in [1.165, 1.54) is 4.57 Å². The van der Waals surface area contributed by atoms with Crippen molar-refractivity contribution >= 4 is 5.78 Å². The van der Waals surface area contributed by atoms with E-state index in [9.17, 15) is 9.59 Å². The molecule has 0 aliphatic carbocycles. The molecule has 1 aromatic rings. The van der Waals surface area contributed by atoms with Crippen molar-refractivity contribution in [3.63, 3.8) is 0 Å². The third-order valence-corrected chi connectivity index (χ3v) is 2.40. The molecule has 0 aromatic carbocycles. The maximum Gasteiger partial charge on any atom is 0.254 e. The van der Waals surface area contributed by atoms with Crippen LogP contribution in [0, 0.1) is 6.92 Å². The Kier molecular flexibility index (Phi) is 3.23. The molecule has 14 heavy (non-hydrogen) atoms. The van der Waals surface area contributed by atoms with Gasteiger partial charge in [-0.2, -0.15) is 0 Å². The fraction of sp³-hybridized carbons (Fsp3) is 0.455. The lowest BCUT2D eigenvalue weighted by atomic mass is 10.1. The molecule has 1 heterocycles. The van der Waals surface area contributed by atoms with Crippen molar-refractivity contribution in [1.29, 1.82) is 0 Å². The number of aromatic nitrogens is 1. The summed E-state index contributed by atoms with van der Waals surface area (Å²) in [6, 6.07) is 3.19. The van der Waals surface area contributed by atoms with Gasteiger partial charge >= 0.3 is 0 Å². The number of hydrogen-bond donors (Lipinski definition) is 0. The third kappa shape index (κ3) is 1.92. The minimum Gasteiger partial charge on any atom is -0.305 e. The molecule has 0 saturated carbocycles. The highest BCUT2D eigenvalue weighted by molar-refractivity contribution is 5.81. The van der Waals surface area contributed by atoms with Crippen LogP contribution in [0.1, 0.15) is 31.9 Å². The molecule has 0 amide bonds. The molecule has 0 radical (unpaired) electrons. The van der Waals surface area contributed by atoms with E-state index in [0.29, 0.717) is 12.0 Å². The number of nitrogens with zero attached hydrogens (tertiary/aromatic N) is 1. The second-order valence-corrected chi connectivity index (χ2v) is 3.40. The van der Waals surface area contributed by atoms with E-state index in [4.69, 9.17) is 0 Å². The highest BCUT2D eigenvalue weighted by Crippen LogP contribution is 2.06. The van der Waals surface area contributed by atoms with Crippen LogP contribution in [0.4, 0.5) is 0 Å². The second kappa shape index (κ2) is 4.22. The Hall–Kier alpha value is -1.38. The summed E-state index contributed by atoms with van der Waals surface area (Å²) < 4.78 is 1.49. The molecular formula is C11H15NO2. The summed E-state index contributed by atoms with van der Waals surface area (Å²) in [5.41, 5.74) is 0.588. The van der Waals surface area contributed by atoms with Crippen LogP contribution in [0.5, 0.6) is 0 Å². The molecule has 0 spiro atoms. The van der Waals surface area contributed by atoms with Crippen LogP contribution < -0.4 is 5.56 Å². The molecule has 1 atom stereocenters. The van der Waals surface area contributed by atoms with E-state index in [1.54, 1.807) is 39.1 Å². The first kappa shape index (κ1) is 10.7. The fourth-order valence-corrected chi connectivity index (χ4v) is 1.38. The SMILES string of the molecule is CCC(=O)C(C)n1cccc(C)c1=O. The first-order valence-electron chi connectivity index (χ1n) is 4.78. The van der Waals surface area contributed by atoms with Crippen molar-refractivity contribution in [2.45, 2.75) is 33.2 Å². The van der Waals surface area contributed by atoms with Gasteiger partial charge < -0.3 is 4.57 Å². The Labute approximate surface area is 83.4 Å². The van der Waals surface area contributed by atoms with Gasteiger partial charge in [-0.25, -0.2) is 0 Å². The van der Waals surface area contributed by atoms with Crippen LogP contribution in [0.3, 0.4) is 0 Å². The average Bonchev–Trinajstić information content (AvgIpc) is 2.20. The Morgan fingerprint density at radius 2 is 2.21 bits per heavy atom. The Bertz CT molecular complexity index is 393. The lowest BCUT2D eigenvalue weighted by Crippen LogP contribution is -2.28. The maximum absolute atomic E-state index is 11.6. The van der Waals surface area contributed by atoms with Crippen molar-refractivity contribution in [2.24, 2.45) is 0 Å². The third-order valence-electron chi connectivity index (χ3n) is 2.40. The van der Waals surface area contributed by atoms with Crippen molar-refractivity contribution < 1.29 is 4.79 Å². The molecule has 0 N–H and O–H groups in total. The molecule has 3 heteroatoms. The highest BCUT2D eigenvalue weighted by Gasteiger charge is 2.13. The number of aryl methyl sites for hydroxylation is 1. The molecule has 0 fully saturated rings. The number of pyridine rings is 1. The second-order valence-electron chi connectivity index (χ2n) is 3.40. The van der Waals surface area contributed by atoms with Gasteiger partial charge in [0.25, 0.3) is 5.56 Å². The standard InChI is InChI=1S/C11H15NO2/c1-4-10(13)9(3)12-7-5-6-8(2)11(12)14/h5-7,9H,4H2,1-3H3. The first-order valence-corrected chi connectivity index (χ1v) is 4.78. The van der Waals surface area contributed by atoms with Gasteiger partial charge in [0, 0.05) is 18.2 Å². The summed E-state index contributed by atoms with van der Waals surface area (Å²) in [4.78, 5) is 23.1. The number of ketones is 1. The van der Waals surface area contributed by atoms with Crippen LogP contribution in [0.2, 0.25) is 0 Å². The summed E-state index contributed by atoms with van der Waals surface area (Å²) in [5, 5.41) is 0. The van der Waals surface area contributed by atoms with Crippen molar-refractivity contribution in [3.05, 3.63) is 34.2 Å². The summed E-state index contributed by atoms with van der Waals surface area (Å²) >= 11 is 0. The van der Waals surface area contributed by atoms with Crippen molar-refractivity contribution in [3.8, 4) is 0 Å². The summed E-state index contributed by atoms with van der Waals surface area (Å²) in [6.45, 7) is 5.31. The van der Waals surface area contributed by atoms with Gasteiger partial charge in [0.05, 0.1) is 6.04 Å². The topological polar surface area (TPSA) is 39.1 Å². The number of carbonyl (C=O) groups excluding carboxylic acids is 1. The van der Waals surface area contributed by atoms with Gasteiger partial charge in [-0.3, -0.25) is 9.59 Å². The predicted molar refractivity (Wildman–Crippen MR) is 55.4 cm³/mol. The molecule has 0 bridgehead atoms. The van der Waals surface area contributed by atoms with Gasteiger partial charge in [-0.1, -0.05) is 13.0 Å². The number of hydrogen-bond acceptors (Lipinski definition) is 2. The number of carbonyl (C=O) groups is 1. The molecular weight excluding hydrogens is 178 g/mol. The maximum atomic E-state index is 11.6. The van der Waals surface area contributed by atoms with Crippen LogP contribution in [-0.2, 0) is 4.79 Å². The zero-order valence-corrected chi connectivity index (χ0v) is 8.78. The van der Waals surface area contributed by atoms with Crippen LogP contribution in [-0.4, -0.2) is 10.4 Å². The van der Waals surface area contributed by atoms with Gasteiger partial charge in [-0.15, -0.1) is 0 Å². The van der Waals surface area contributed by atoms with Gasteiger partial charge in [0.1, 0.15) is 0 Å². The van der Waals surface area contributed by atoms with Gasteiger partial charge in [-0.05, 0) is 19.9 Å². The smallest absolute Gasteiger partial charge is 0.254 e. The van der Waals surface area contributed by atoms with E-state index in [2.05, 4.69) is 0 Å². The lowest BCUT2D eigenvalue weighted by molar-refractivity contribution is -0.121. The monoisotopic (exact) mass is 193 g/mol. The normalized spacial score (nSPS) is 12.5. The van der Waals surface area contributed by atoms with E-state index < -0.39 is 0 Å². The quantitative estimate of drug-likeness (QED) is 0.732. The summed E-state index contributed by atoms with van der Waals surface area (Å²) in [7, 11) is 0. The number of rotatable bonds is 3. The molecule has 0 aliphatic rings. The predicted octanol–water partition coefficient (Wildman–Crippen LogP) is 1.70. The average molecular weight is 193 g/mol. The molecule has 0 aliphatic heterocycles. The van der Waals surface area contributed by atoms with Crippen LogP contribution >= 0.6 is 0 Å². The van der Waals surface area contributed by atoms with Gasteiger partial charge in [0.15, 0.2) is 5.78 Å². The molecule has 0 saturated heterocycles. The van der Waals surface area contributed by atoms with E-state index in [1.807, 2.05) is 0 Å². The lowest BCUT2D eigenvalue weighted by Gasteiger charge is -2.13. The fourth-order valence-electron chi connectivity index (χ4n) is 1.38. The molecule has 1 aromatic heterocycles. The van der Waals surface area contributed by atoms with E-state index >= 15 is 0 Å². The zero-order valence-electron chi connectivity index (χ0n) is 8.78. The number of Topliss-reactive ketones (excluding diaryl/α,β-unsaturated/α-hetero) is 1. The molecule has 3 nitrogen and oxygen atoms in total. The highest BCUT2D eigenvalue weighted by atomic mass is 16.1. The minimum atomic E-state index is -0.354. The molecule has 1 rings (SSSR count). The van der Waals surface area contributed by atoms with E-state index in [0.717, 1.165) is 0 Å². The van der Waals surface area contributed by atoms with Crippen LogP contribution in [0.25, 0.3) is 0 Å². The largest absolute Gasteiger partial charge is 0.305 e. The minimum absolute atomic E-state index is 0.0812.